The van der Waals surface area contributed by atoms with Crippen molar-refractivity contribution in [2.75, 3.05) is 0 Å². The van der Waals surface area contributed by atoms with E-state index in [1.807, 2.05) is 31.2 Å². The largest absolute Gasteiger partial charge is 0.481 e. The van der Waals surface area contributed by atoms with E-state index in [9.17, 15) is 14.4 Å². The van der Waals surface area contributed by atoms with Crippen molar-refractivity contribution in [2.45, 2.75) is 38.5 Å². The fraction of sp³-hybridized carbons (Fsp3) is 0.333. The molecule has 2 N–H and O–H groups in total. The lowest BCUT2D eigenvalue weighted by Gasteiger charge is -2.22. The average Bonchev–Trinajstić information content (AvgIpc) is 2.52. The number of piperidine rings is 1. The van der Waals surface area contributed by atoms with Gasteiger partial charge < -0.3 is 5.11 Å². The molecule has 1 unspecified atom stereocenters. The quantitative estimate of drug-likeness (QED) is 0.814. The van der Waals surface area contributed by atoms with Crippen LogP contribution in [0.2, 0.25) is 0 Å². The summed E-state index contributed by atoms with van der Waals surface area (Å²) in [5.74, 6) is -1.68. The second kappa shape index (κ2) is 7.61. The van der Waals surface area contributed by atoms with Crippen molar-refractivity contribution < 1.29 is 19.5 Å². The highest BCUT2D eigenvalue weighted by Crippen LogP contribution is 2.29. The van der Waals surface area contributed by atoms with Crippen LogP contribution in [-0.2, 0) is 20.8 Å². The Kier molecular flexibility index (Phi) is 5.74. The molecular weight excluding hydrogens is 344 g/mol. The van der Waals surface area contributed by atoms with Crippen LogP contribution in [0.1, 0.15) is 42.0 Å². The van der Waals surface area contributed by atoms with Crippen molar-refractivity contribution in [3.05, 3.63) is 41.1 Å². The Morgan fingerprint density at radius 2 is 2.08 bits per heavy atom. The molecule has 1 aliphatic heterocycles. The predicted molar refractivity (Wildman–Crippen MR) is 94.8 cm³/mol. The normalized spacial score (nSPS) is 17.1. The number of carboxylic acid groups (broad SMARTS) is 1. The van der Waals surface area contributed by atoms with Crippen LogP contribution < -0.4 is 5.32 Å². The zero-order valence-electron chi connectivity index (χ0n) is 13.7. The first-order valence-corrected chi connectivity index (χ1v) is 7.89. The zero-order chi connectivity index (χ0) is 17.3. The number of aliphatic carboxylic acids is 1. The molecule has 1 aliphatic rings. The van der Waals surface area contributed by atoms with E-state index in [2.05, 4.69) is 10.3 Å². The van der Waals surface area contributed by atoms with Crippen molar-refractivity contribution in [1.29, 1.82) is 0 Å². The summed E-state index contributed by atoms with van der Waals surface area (Å²) in [5.41, 5.74) is 3.30. The van der Waals surface area contributed by atoms with E-state index in [-0.39, 0.29) is 36.6 Å². The standard InChI is InChI=1S/C18H18N2O4.ClH/c1-10-14(13-5-6-16(21)20-18(13)24)9-12-4-2-11(3-7-17(22)23)8-15(12)19-10;/h2,4,8-9,13H,3,5-7H2,1H3,(H,22,23)(H,20,21,24);1H. The van der Waals surface area contributed by atoms with E-state index in [1.54, 1.807) is 0 Å². The maximum Gasteiger partial charge on any atom is 0.303 e. The van der Waals surface area contributed by atoms with E-state index in [0.717, 1.165) is 27.7 Å². The molecule has 1 aromatic carbocycles. The number of pyridine rings is 1. The monoisotopic (exact) mass is 362 g/mol. The van der Waals surface area contributed by atoms with Crippen molar-refractivity contribution in [3.8, 4) is 0 Å². The number of nitrogens with one attached hydrogen (secondary N) is 1. The Morgan fingerprint density at radius 3 is 2.76 bits per heavy atom. The highest BCUT2D eigenvalue weighted by molar-refractivity contribution is 6.01. The van der Waals surface area contributed by atoms with Crippen LogP contribution in [0.25, 0.3) is 10.9 Å². The van der Waals surface area contributed by atoms with Crippen LogP contribution in [0.4, 0.5) is 0 Å². The summed E-state index contributed by atoms with van der Waals surface area (Å²) >= 11 is 0. The van der Waals surface area contributed by atoms with Gasteiger partial charge in [-0.3, -0.25) is 24.7 Å². The van der Waals surface area contributed by atoms with Crippen molar-refractivity contribution >= 4 is 41.1 Å². The van der Waals surface area contributed by atoms with Crippen LogP contribution in [0.5, 0.6) is 0 Å². The summed E-state index contributed by atoms with van der Waals surface area (Å²) < 4.78 is 0. The lowest BCUT2D eigenvalue weighted by Crippen LogP contribution is -2.39. The minimum absolute atomic E-state index is 0. The number of aryl methyl sites for hydroxylation is 2. The van der Waals surface area contributed by atoms with Gasteiger partial charge in [-0.25, -0.2) is 0 Å². The number of carboxylic acids is 1. The number of carbonyl (C=O) groups excluding carboxylic acids is 2. The van der Waals surface area contributed by atoms with Gasteiger partial charge in [0, 0.05) is 23.9 Å². The number of imide groups is 1. The molecule has 1 fully saturated rings. The predicted octanol–water partition coefficient (Wildman–Crippen LogP) is 2.50. The smallest absolute Gasteiger partial charge is 0.303 e. The maximum atomic E-state index is 12.1. The molecule has 1 atom stereocenters. The van der Waals surface area contributed by atoms with Crippen molar-refractivity contribution in [2.24, 2.45) is 0 Å². The third-order valence-electron chi connectivity index (χ3n) is 4.35. The number of rotatable bonds is 4. The van der Waals surface area contributed by atoms with E-state index in [0.29, 0.717) is 19.3 Å². The van der Waals surface area contributed by atoms with Gasteiger partial charge in [0.15, 0.2) is 0 Å². The molecule has 7 heteroatoms. The first-order valence-electron chi connectivity index (χ1n) is 7.89. The Hall–Kier alpha value is -2.47. The Morgan fingerprint density at radius 1 is 1.32 bits per heavy atom. The maximum absolute atomic E-state index is 12.1. The van der Waals surface area contributed by atoms with Gasteiger partial charge in [0.25, 0.3) is 0 Å². The highest BCUT2D eigenvalue weighted by Gasteiger charge is 2.29. The molecule has 0 radical (unpaired) electrons. The minimum atomic E-state index is -0.826. The van der Waals surface area contributed by atoms with Gasteiger partial charge in [0.05, 0.1) is 11.4 Å². The molecule has 25 heavy (non-hydrogen) atoms. The van der Waals surface area contributed by atoms with E-state index < -0.39 is 5.97 Å². The molecule has 2 aromatic rings. The summed E-state index contributed by atoms with van der Waals surface area (Å²) in [4.78, 5) is 38.7. The van der Waals surface area contributed by atoms with Crippen LogP contribution in [0.3, 0.4) is 0 Å². The zero-order valence-corrected chi connectivity index (χ0v) is 14.6. The van der Waals surface area contributed by atoms with Gasteiger partial charge >= 0.3 is 5.97 Å². The minimum Gasteiger partial charge on any atom is -0.481 e. The lowest BCUT2D eigenvalue weighted by atomic mass is 9.88. The molecule has 3 rings (SSSR count). The third kappa shape index (κ3) is 4.14. The molecule has 1 saturated heterocycles. The fourth-order valence-electron chi connectivity index (χ4n) is 3.08. The second-order valence-electron chi connectivity index (χ2n) is 6.09. The summed E-state index contributed by atoms with van der Waals surface area (Å²) in [6.45, 7) is 1.85. The molecule has 0 bridgehead atoms. The average molecular weight is 363 g/mol. The third-order valence-corrected chi connectivity index (χ3v) is 4.35. The number of aromatic nitrogens is 1. The molecule has 2 amide bonds. The first kappa shape index (κ1) is 18.9. The van der Waals surface area contributed by atoms with Crippen LogP contribution in [-0.4, -0.2) is 27.9 Å². The van der Waals surface area contributed by atoms with Crippen LogP contribution in [0.15, 0.2) is 24.3 Å². The number of carbonyl (C=O) groups is 3. The molecule has 0 saturated carbocycles. The van der Waals surface area contributed by atoms with Crippen molar-refractivity contribution in [3.63, 3.8) is 0 Å². The Balaban J connectivity index is 0.00000225. The summed E-state index contributed by atoms with van der Waals surface area (Å²) in [7, 11) is 0. The molecule has 0 aliphatic carbocycles. The Labute approximate surface area is 151 Å². The first-order chi connectivity index (χ1) is 11.4. The second-order valence-corrected chi connectivity index (χ2v) is 6.09. The van der Waals surface area contributed by atoms with Gasteiger partial charge in [-0.2, -0.15) is 0 Å². The summed E-state index contributed by atoms with van der Waals surface area (Å²) in [6.07, 6.45) is 1.37. The molecule has 1 aromatic heterocycles. The van der Waals surface area contributed by atoms with Gasteiger partial charge in [-0.15, -0.1) is 12.4 Å². The molecule has 2 heterocycles. The molecule has 6 nitrogen and oxygen atoms in total. The highest BCUT2D eigenvalue weighted by atomic mass is 35.5. The number of amides is 2. The van der Waals surface area contributed by atoms with Gasteiger partial charge in [0.2, 0.25) is 11.8 Å². The number of benzene rings is 1. The number of hydrogen-bond acceptors (Lipinski definition) is 4. The molecule has 132 valence electrons. The van der Waals surface area contributed by atoms with Crippen LogP contribution >= 0.6 is 12.4 Å². The number of nitrogens with zero attached hydrogens (tertiary/aromatic N) is 1. The summed E-state index contributed by atoms with van der Waals surface area (Å²) in [5, 5.41) is 12.1. The van der Waals surface area contributed by atoms with Gasteiger partial charge in [0.1, 0.15) is 0 Å². The molecular formula is C18H19ClN2O4. The van der Waals surface area contributed by atoms with E-state index in [4.69, 9.17) is 5.11 Å². The van der Waals surface area contributed by atoms with Gasteiger partial charge in [-0.1, -0.05) is 12.1 Å². The lowest BCUT2D eigenvalue weighted by molar-refractivity contribution is -0.137. The van der Waals surface area contributed by atoms with Crippen LogP contribution in [0, 0.1) is 6.92 Å². The SMILES string of the molecule is Cc1nc2cc(CCC(=O)O)ccc2cc1C1CCC(=O)NC1=O.Cl. The molecule has 0 spiro atoms. The number of fused-ring (bicyclic) bond motifs is 1. The van der Waals surface area contributed by atoms with E-state index in [1.165, 1.54) is 0 Å². The van der Waals surface area contributed by atoms with E-state index >= 15 is 0 Å². The number of hydrogen-bond donors (Lipinski definition) is 2. The fourth-order valence-corrected chi connectivity index (χ4v) is 3.08. The Bertz CT molecular complexity index is 850. The van der Waals surface area contributed by atoms with Gasteiger partial charge in [-0.05, 0) is 43.0 Å². The van der Waals surface area contributed by atoms with Crippen molar-refractivity contribution in [1.82, 2.24) is 10.3 Å². The topological polar surface area (TPSA) is 96.4 Å². The summed E-state index contributed by atoms with van der Waals surface area (Å²) in [6, 6.07) is 7.61. The number of halogens is 1.